The van der Waals surface area contributed by atoms with Gasteiger partial charge in [0.15, 0.2) is 0 Å². The molecule has 1 atom stereocenters. The van der Waals surface area contributed by atoms with Crippen LogP contribution in [0.4, 0.5) is 5.69 Å². The molecule has 1 amide bonds. The molecule has 34 heavy (non-hydrogen) atoms. The maximum absolute atomic E-state index is 13.4. The first-order chi connectivity index (χ1) is 16.5. The molecule has 7 nitrogen and oxygen atoms in total. The molecule has 1 N–H and O–H groups in total. The Morgan fingerprint density at radius 1 is 1.00 bits per heavy atom. The molecule has 2 fully saturated rings. The van der Waals surface area contributed by atoms with Gasteiger partial charge in [0, 0.05) is 69.5 Å². The first-order valence-electron chi connectivity index (χ1n) is 12.1. The number of anilines is 1. The van der Waals surface area contributed by atoms with Crippen LogP contribution in [0.3, 0.4) is 0 Å². The van der Waals surface area contributed by atoms with E-state index in [1.54, 1.807) is 6.20 Å². The summed E-state index contributed by atoms with van der Waals surface area (Å²) in [6.07, 6.45) is 4.32. The van der Waals surface area contributed by atoms with Crippen molar-refractivity contribution in [2.75, 3.05) is 50.7 Å². The Balaban J connectivity index is 1.20. The highest BCUT2D eigenvalue weighted by molar-refractivity contribution is 5.96. The molecular formula is C27H33N5O2. The molecule has 0 unspecified atom stereocenters. The largest absolute Gasteiger partial charge is 0.387 e. The zero-order valence-corrected chi connectivity index (χ0v) is 19.8. The van der Waals surface area contributed by atoms with Gasteiger partial charge in [-0.15, -0.1) is 0 Å². The Morgan fingerprint density at radius 2 is 1.74 bits per heavy atom. The average Bonchev–Trinajstić information content (AvgIpc) is 3.45. The number of carbonyl (C=O) groups is 1. The van der Waals surface area contributed by atoms with Crippen LogP contribution in [0.15, 0.2) is 67.0 Å². The minimum absolute atomic E-state index is 0.00168. The van der Waals surface area contributed by atoms with E-state index in [9.17, 15) is 9.90 Å². The highest BCUT2D eigenvalue weighted by atomic mass is 16.3. The summed E-state index contributed by atoms with van der Waals surface area (Å²) in [6, 6.07) is 18.3. The van der Waals surface area contributed by atoms with E-state index in [-0.39, 0.29) is 5.91 Å². The molecule has 178 valence electrons. The van der Waals surface area contributed by atoms with Gasteiger partial charge < -0.3 is 19.5 Å². The third-order valence-corrected chi connectivity index (χ3v) is 7.14. The van der Waals surface area contributed by atoms with Crippen molar-refractivity contribution in [2.45, 2.75) is 25.5 Å². The number of amides is 1. The van der Waals surface area contributed by atoms with E-state index in [1.165, 1.54) is 5.69 Å². The van der Waals surface area contributed by atoms with Gasteiger partial charge in [-0.25, -0.2) is 4.98 Å². The quantitative estimate of drug-likeness (QED) is 0.614. The number of imidazole rings is 1. The topological polar surface area (TPSA) is 64.8 Å². The molecule has 3 heterocycles. The van der Waals surface area contributed by atoms with Crippen LogP contribution < -0.4 is 4.90 Å². The van der Waals surface area contributed by atoms with E-state index in [0.717, 1.165) is 37.6 Å². The lowest BCUT2D eigenvalue weighted by atomic mass is 10.0. The van der Waals surface area contributed by atoms with Crippen molar-refractivity contribution in [3.8, 4) is 0 Å². The number of aliphatic hydroxyl groups is 1. The second-order valence-electron chi connectivity index (χ2n) is 9.56. The number of nitrogens with zero attached hydrogens (tertiary/aromatic N) is 5. The molecule has 0 bridgehead atoms. The van der Waals surface area contributed by atoms with E-state index in [1.807, 2.05) is 52.9 Å². The van der Waals surface area contributed by atoms with Crippen LogP contribution in [0.2, 0.25) is 0 Å². The molecule has 0 saturated carbocycles. The molecule has 0 spiro atoms. The third-order valence-electron chi connectivity index (χ3n) is 7.14. The van der Waals surface area contributed by atoms with Crippen molar-refractivity contribution in [1.82, 2.24) is 19.4 Å². The van der Waals surface area contributed by atoms with Crippen LogP contribution in [0.25, 0.3) is 0 Å². The lowest BCUT2D eigenvalue weighted by Gasteiger charge is -2.39. The summed E-state index contributed by atoms with van der Waals surface area (Å²) in [4.78, 5) is 24.3. The summed E-state index contributed by atoms with van der Waals surface area (Å²) >= 11 is 0. The van der Waals surface area contributed by atoms with Crippen molar-refractivity contribution >= 4 is 11.6 Å². The predicted octanol–water partition coefficient (Wildman–Crippen LogP) is 2.64. The lowest BCUT2D eigenvalue weighted by molar-refractivity contribution is 0.0103. The number of para-hydroxylation sites is 1. The highest BCUT2D eigenvalue weighted by Crippen LogP contribution is 2.26. The Kier molecular flexibility index (Phi) is 6.39. The van der Waals surface area contributed by atoms with Gasteiger partial charge in [0.25, 0.3) is 5.91 Å². The molecule has 5 rings (SSSR count). The minimum Gasteiger partial charge on any atom is -0.387 e. The van der Waals surface area contributed by atoms with Gasteiger partial charge in [0.05, 0.1) is 12.1 Å². The summed E-state index contributed by atoms with van der Waals surface area (Å²) in [5.74, 6) is 0.920. The zero-order valence-electron chi connectivity index (χ0n) is 19.8. The van der Waals surface area contributed by atoms with Crippen LogP contribution >= 0.6 is 0 Å². The SMILES string of the molecule is Cc1nccn1Cc1ccccc1C(=O)N1CC[C@@](O)(CN2CCN(c3ccccc3)CC2)C1. The number of aromatic nitrogens is 2. The van der Waals surface area contributed by atoms with Crippen molar-refractivity contribution in [3.05, 3.63) is 83.9 Å². The van der Waals surface area contributed by atoms with Crippen molar-refractivity contribution in [3.63, 3.8) is 0 Å². The maximum Gasteiger partial charge on any atom is 0.254 e. The molecule has 0 aliphatic carbocycles. The van der Waals surface area contributed by atoms with Gasteiger partial charge in [-0.05, 0) is 37.1 Å². The van der Waals surface area contributed by atoms with Gasteiger partial charge in [-0.3, -0.25) is 9.69 Å². The number of hydrogen-bond acceptors (Lipinski definition) is 5. The fraction of sp³-hybridized carbons (Fsp3) is 0.407. The van der Waals surface area contributed by atoms with Gasteiger partial charge in [0.2, 0.25) is 0 Å². The fourth-order valence-electron chi connectivity index (χ4n) is 5.17. The monoisotopic (exact) mass is 459 g/mol. The summed E-state index contributed by atoms with van der Waals surface area (Å²) in [5.41, 5.74) is 2.07. The first kappa shape index (κ1) is 22.6. The molecule has 3 aromatic rings. The number of aryl methyl sites for hydroxylation is 1. The Labute approximate surface area is 201 Å². The third kappa shape index (κ3) is 4.86. The average molecular weight is 460 g/mol. The number of hydrogen-bond donors (Lipinski definition) is 1. The number of β-amino-alcohol motifs (C(OH)–C–C–N with tert-alkyl or cyclic N) is 1. The summed E-state index contributed by atoms with van der Waals surface area (Å²) in [7, 11) is 0. The lowest BCUT2D eigenvalue weighted by Crippen LogP contribution is -2.53. The molecule has 7 heteroatoms. The second kappa shape index (κ2) is 9.60. The number of piperazine rings is 1. The summed E-state index contributed by atoms with van der Waals surface area (Å²) < 4.78 is 2.04. The van der Waals surface area contributed by atoms with Crippen molar-refractivity contribution < 1.29 is 9.90 Å². The Morgan fingerprint density at radius 3 is 2.47 bits per heavy atom. The molecule has 2 saturated heterocycles. The van der Waals surface area contributed by atoms with E-state index < -0.39 is 5.60 Å². The van der Waals surface area contributed by atoms with E-state index in [2.05, 4.69) is 39.0 Å². The minimum atomic E-state index is -0.861. The molecule has 2 aliphatic rings. The van der Waals surface area contributed by atoms with Crippen molar-refractivity contribution in [1.29, 1.82) is 0 Å². The van der Waals surface area contributed by atoms with Crippen LogP contribution in [-0.2, 0) is 6.54 Å². The van der Waals surface area contributed by atoms with Crippen LogP contribution in [0, 0.1) is 6.92 Å². The normalized spacial score (nSPS) is 21.2. The van der Waals surface area contributed by atoms with Gasteiger partial charge >= 0.3 is 0 Å². The van der Waals surface area contributed by atoms with E-state index in [4.69, 9.17) is 0 Å². The number of carbonyl (C=O) groups excluding carboxylic acids is 1. The van der Waals surface area contributed by atoms with Crippen LogP contribution in [0.5, 0.6) is 0 Å². The molecule has 0 radical (unpaired) electrons. The summed E-state index contributed by atoms with van der Waals surface area (Å²) in [5, 5.41) is 11.3. The Hall–Kier alpha value is -3.16. The van der Waals surface area contributed by atoms with E-state index in [0.29, 0.717) is 38.2 Å². The molecule has 1 aromatic heterocycles. The predicted molar refractivity (Wildman–Crippen MR) is 133 cm³/mol. The Bertz CT molecular complexity index is 1120. The van der Waals surface area contributed by atoms with Crippen molar-refractivity contribution in [2.24, 2.45) is 0 Å². The number of rotatable bonds is 6. The number of likely N-dealkylation sites (tertiary alicyclic amines) is 1. The first-order valence-corrected chi connectivity index (χ1v) is 12.1. The smallest absolute Gasteiger partial charge is 0.254 e. The molecule has 2 aromatic carbocycles. The zero-order chi connectivity index (χ0) is 23.5. The maximum atomic E-state index is 13.4. The molecule has 2 aliphatic heterocycles. The van der Waals surface area contributed by atoms with E-state index >= 15 is 0 Å². The van der Waals surface area contributed by atoms with Gasteiger partial charge in [0.1, 0.15) is 5.82 Å². The summed E-state index contributed by atoms with van der Waals surface area (Å²) in [6.45, 7) is 7.86. The van der Waals surface area contributed by atoms with Crippen LogP contribution in [0.1, 0.15) is 28.2 Å². The van der Waals surface area contributed by atoms with Gasteiger partial charge in [-0.1, -0.05) is 36.4 Å². The fourth-order valence-corrected chi connectivity index (χ4v) is 5.17. The van der Waals surface area contributed by atoms with Gasteiger partial charge in [-0.2, -0.15) is 0 Å². The standard InChI is InChI=1S/C27H33N5O2/c1-22-28-12-14-31(22)19-23-7-5-6-10-25(23)26(33)32-13-11-27(34,21-32)20-29-15-17-30(18-16-29)24-8-3-2-4-9-24/h2-10,12,14,34H,11,13,15-21H2,1H3/t27-/m1/s1. The molecular weight excluding hydrogens is 426 g/mol. The second-order valence-corrected chi connectivity index (χ2v) is 9.56. The van der Waals surface area contributed by atoms with Crippen LogP contribution in [-0.4, -0.2) is 81.8 Å². The number of benzene rings is 2. The highest BCUT2D eigenvalue weighted by Gasteiger charge is 2.40.